The minimum Gasteiger partial charge on any atom is -0.395 e. The highest BCUT2D eigenvalue weighted by Gasteiger charge is 2.28. The Labute approximate surface area is 105 Å². The van der Waals surface area contributed by atoms with Gasteiger partial charge in [0, 0.05) is 20.0 Å². The molecule has 0 aliphatic heterocycles. The van der Waals surface area contributed by atoms with Crippen molar-refractivity contribution < 1.29 is 27.8 Å². The Morgan fingerprint density at radius 1 is 1.22 bits per heavy atom. The lowest BCUT2D eigenvalue weighted by Gasteiger charge is -2.15. The minimum absolute atomic E-state index is 0.0596. The number of aliphatic hydroxyl groups excluding tert-OH is 1. The summed E-state index contributed by atoms with van der Waals surface area (Å²) in [5.41, 5.74) is 0. The van der Waals surface area contributed by atoms with Crippen molar-refractivity contribution in [2.24, 2.45) is 0 Å². The summed E-state index contributed by atoms with van der Waals surface area (Å²) in [6, 6.07) is 0. The molecule has 0 aromatic heterocycles. The highest BCUT2D eigenvalue weighted by molar-refractivity contribution is 5.75. The second-order valence-electron chi connectivity index (χ2n) is 4.00. The number of likely N-dealkylation sites (N-methyl/N-ethyl adjacent to an activating group) is 1. The van der Waals surface area contributed by atoms with E-state index >= 15 is 0 Å². The van der Waals surface area contributed by atoms with E-state index in [-0.39, 0.29) is 19.1 Å². The minimum atomic E-state index is -4.55. The number of amides is 1. The molecule has 1 amide bonds. The number of hydrogen-bond donors (Lipinski definition) is 1. The lowest BCUT2D eigenvalue weighted by Crippen LogP contribution is -2.29. The summed E-state index contributed by atoms with van der Waals surface area (Å²) in [4.78, 5) is 12.8. The maximum atomic E-state index is 11.6. The number of halogens is 3. The zero-order chi connectivity index (χ0) is 14.0. The van der Waals surface area contributed by atoms with Gasteiger partial charge >= 0.3 is 6.36 Å². The highest BCUT2D eigenvalue weighted by Crippen LogP contribution is 2.17. The third-order valence-corrected chi connectivity index (χ3v) is 2.41. The molecular formula is C11H20F3NO3. The maximum absolute atomic E-state index is 11.6. The second-order valence-corrected chi connectivity index (χ2v) is 4.00. The van der Waals surface area contributed by atoms with E-state index in [1.165, 1.54) is 4.90 Å². The van der Waals surface area contributed by atoms with Crippen LogP contribution in [0.2, 0.25) is 0 Å². The van der Waals surface area contributed by atoms with E-state index in [1.54, 1.807) is 7.05 Å². The van der Waals surface area contributed by atoms with Gasteiger partial charge in [-0.1, -0.05) is 12.8 Å². The van der Waals surface area contributed by atoms with E-state index in [9.17, 15) is 18.0 Å². The Morgan fingerprint density at radius 2 is 1.83 bits per heavy atom. The number of ether oxygens (including phenoxy) is 1. The molecule has 0 radical (unpaired) electrons. The quantitative estimate of drug-likeness (QED) is 0.652. The molecule has 108 valence electrons. The molecule has 0 atom stereocenters. The Morgan fingerprint density at radius 3 is 2.39 bits per heavy atom. The fourth-order valence-electron chi connectivity index (χ4n) is 1.39. The van der Waals surface area contributed by atoms with Crippen LogP contribution in [0.15, 0.2) is 0 Å². The van der Waals surface area contributed by atoms with Crippen LogP contribution in [0.1, 0.15) is 32.1 Å². The highest BCUT2D eigenvalue weighted by atomic mass is 19.4. The van der Waals surface area contributed by atoms with Gasteiger partial charge in [0.1, 0.15) is 0 Å². The maximum Gasteiger partial charge on any atom is 0.522 e. The van der Waals surface area contributed by atoms with Gasteiger partial charge in [-0.15, -0.1) is 13.2 Å². The Balaban J connectivity index is 3.38. The van der Waals surface area contributed by atoms with Crippen LogP contribution >= 0.6 is 0 Å². The number of aliphatic hydroxyl groups is 1. The fourth-order valence-corrected chi connectivity index (χ4v) is 1.39. The van der Waals surface area contributed by atoms with Gasteiger partial charge < -0.3 is 10.0 Å². The van der Waals surface area contributed by atoms with Crippen LogP contribution < -0.4 is 0 Å². The van der Waals surface area contributed by atoms with E-state index in [2.05, 4.69) is 4.74 Å². The number of unbranched alkanes of at least 4 members (excludes halogenated alkanes) is 3. The third-order valence-electron chi connectivity index (χ3n) is 2.41. The van der Waals surface area contributed by atoms with Crippen molar-refractivity contribution in [2.45, 2.75) is 38.5 Å². The second kappa shape index (κ2) is 9.16. The smallest absolute Gasteiger partial charge is 0.395 e. The molecule has 0 spiro atoms. The van der Waals surface area contributed by atoms with Gasteiger partial charge in [-0.2, -0.15) is 0 Å². The number of alkyl halides is 3. The first kappa shape index (κ1) is 17.2. The van der Waals surface area contributed by atoms with Crippen molar-refractivity contribution in [3.63, 3.8) is 0 Å². The first-order valence-corrected chi connectivity index (χ1v) is 5.92. The van der Waals surface area contributed by atoms with Crippen LogP contribution in [0.5, 0.6) is 0 Å². The molecule has 0 aliphatic carbocycles. The normalized spacial score (nSPS) is 11.6. The SMILES string of the molecule is CN(CCO)C(=O)CCCCCCOC(F)(F)F. The van der Waals surface area contributed by atoms with E-state index in [4.69, 9.17) is 5.11 Å². The molecule has 0 saturated heterocycles. The monoisotopic (exact) mass is 271 g/mol. The molecular weight excluding hydrogens is 251 g/mol. The molecule has 0 unspecified atom stereocenters. The van der Waals surface area contributed by atoms with Gasteiger partial charge in [0.25, 0.3) is 0 Å². The van der Waals surface area contributed by atoms with Crippen molar-refractivity contribution in [3.8, 4) is 0 Å². The van der Waals surface area contributed by atoms with Crippen LogP contribution in [0.25, 0.3) is 0 Å². The Bertz CT molecular complexity index is 234. The van der Waals surface area contributed by atoms with Crippen molar-refractivity contribution in [1.82, 2.24) is 4.90 Å². The molecule has 18 heavy (non-hydrogen) atoms. The zero-order valence-corrected chi connectivity index (χ0v) is 10.5. The van der Waals surface area contributed by atoms with Gasteiger partial charge in [-0.3, -0.25) is 9.53 Å². The van der Waals surface area contributed by atoms with Crippen LogP contribution in [0.4, 0.5) is 13.2 Å². The number of hydrogen-bond acceptors (Lipinski definition) is 3. The Kier molecular flexibility index (Phi) is 8.74. The van der Waals surface area contributed by atoms with E-state index in [0.29, 0.717) is 38.6 Å². The summed E-state index contributed by atoms with van der Waals surface area (Å²) in [6.45, 7) is -0.100. The molecule has 0 saturated carbocycles. The summed E-state index contributed by atoms with van der Waals surface area (Å²) in [7, 11) is 1.61. The predicted molar refractivity (Wildman–Crippen MR) is 59.8 cm³/mol. The summed E-state index contributed by atoms with van der Waals surface area (Å²) < 4.78 is 38.4. The molecule has 0 fully saturated rings. The molecule has 0 aromatic carbocycles. The van der Waals surface area contributed by atoms with Crippen LogP contribution in [-0.2, 0) is 9.53 Å². The van der Waals surface area contributed by atoms with Crippen LogP contribution in [0.3, 0.4) is 0 Å². The van der Waals surface area contributed by atoms with Gasteiger partial charge in [0.05, 0.1) is 13.2 Å². The van der Waals surface area contributed by atoms with Crippen molar-refractivity contribution in [3.05, 3.63) is 0 Å². The van der Waals surface area contributed by atoms with Gasteiger partial charge in [-0.25, -0.2) is 0 Å². The molecule has 0 aliphatic rings. The predicted octanol–water partition coefficient (Wildman–Crippen LogP) is 1.92. The number of carbonyl (C=O) groups excluding carboxylic acids is 1. The van der Waals surface area contributed by atoms with E-state index < -0.39 is 6.36 Å². The molecule has 0 aromatic rings. The van der Waals surface area contributed by atoms with Crippen molar-refractivity contribution in [1.29, 1.82) is 0 Å². The van der Waals surface area contributed by atoms with Gasteiger partial charge in [0.15, 0.2) is 0 Å². The molecule has 0 heterocycles. The lowest BCUT2D eigenvalue weighted by molar-refractivity contribution is -0.324. The van der Waals surface area contributed by atoms with Crippen LogP contribution in [-0.4, -0.2) is 49.1 Å². The van der Waals surface area contributed by atoms with E-state index in [0.717, 1.165) is 0 Å². The van der Waals surface area contributed by atoms with Crippen molar-refractivity contribution >= 4 is 5.91 Å². The molecule has 4 nitrogen and oxygen atoms in total. The summed E-state index contributed by atoms with van der Waals surface area (Å²) in [6.07, 6.45) is -1.92. The topological polar surface area (TPSA) is 49.8 Å². The van der Waals surface area contributed by atoms with Crippen LogP contribution in [0, 0.1) is 0 Å². The van der Waals surface area contributed by atoms with Gasteiger partial charge in [-0.05, 0) is 12.8 Å². The number of carbonyl (C=O) groups is 1. The first-order valence-electron chi connectivity index (χ1n) is 5.92. The number of nitrogens with zero attached hydrogens (tertiary/aromatic N) is 1. The lowest BCUT2D eigenvalue weighted by atomic mass is 10.1. The largest absolute Gasteiger partial charge is 0.522 e. The Hall–Kier alpha value is -0.820. The van der Waals surface area contributed by atoms with E-state index in [1.807, 2.05) is 0 Å². The summed E-state index contributed by atoms with van der Waals surface area (Å²) in [5, 5.41) is 8.62. The molecule has 0 bridgehead atoms. The number of rotatable bonds is 9. The summed E-state index contributed by atoms with van der Waals surface area (Å²) >= 11 is 0. The zero-order valence-electron chi connectivity index (χ0n) is 10.5. The average Bonchev–Trinajstić information content (AvgIpc) is 2.26. The summed E-state index contributed by atoms with van der Waals surface area (Å²) in [5.74, 6) is -0.0596. The molecule has 0 rings (SSSR count). The first-order chi connectivity index (χ1) is 8.37. The standard InChI is InChI=1S/C11H20F3NO3/c1-15(7-8-16)10(17)6-4-2-3-5-9-18-11(12,13)14/h16H,2-9H2,1H3. The third kappa shape index (κ3) is 10.3. The fraction of sp³-hybridized carbons (Fsp3) is 0.909. The molecule has 7 heteroatoms. The van der Waals surface area contributed by atoms with Crippen molar-refractivity contribution in [2.75, 3.05) is 26.8 Å². The average molecular weight is 271 g/mol. The van der Waals surface area contributed by atoms with Gasteiger partial charge in [0.2, 0.25) is 5.91 Å². The molecule has 1 N–H and O–H groups in total.